The Hall–Kier alpha value is -0.0800. The fraction of sp³-hybridized carbons (Fsp3) is 1.00. The SMILES string of the molecule is CCN1CCN(CC2(CC(C)C)CC2)CC1. The second-order valence-electron chi connectivity index (χ2n) is 6.31. The lowest BCUT2D eigenvalue weighted by atomic mass is 9.93. The molecule has 16 heavy (non-hydrogen) atoms. The van der Waals surface area contributed by atoms with Crippen LogP contribution in [0.3, 0.4) is 0 Å². The number of hydrogen-bond acceptors (Lipinski definition) is 2. The van der Waals surface area contributed by atoms with E-state index < -0.39 is 0 Å². The van der Waals surface area contributed by atoms with Crippen molar-refractivity contribution in [3.8, 4) is 0 Å². The van der Waals surface area contributed by atoms with E-state index in [1.165, 1.54) is 58.5 Å². The standard InChI is InChI=1S/C14H28N2/c1-4-15-7-9-16(10-8-15)12-14(5-6-14)11-13(2)3/h13H,4-12H2,1-3H3. The minimum absolute atomic E-state index is 0.725. The largest absolute Gasteiger partial charge is 0.301 e. The maximum absolute atomic E-state index is 2.71. The molecule has 94 valence electrons. The molecule has 2 heteroatoms. The summed E-state index contributed by atoms with van der Waals surface area (Å²) in [6.07, 6.45) is 4.42. The number of rotatable bonds is 5. The number of likely N-dealkylation sites (N-methyl/N-ethyl adjacent to an activating group) is 1. The van der Waals surface area contributed by atoms with E-state index in [9.17, 15) is 0 Å². The fourth-order valence-electron chi connectivity index (χ4n) is 3.21. The summed E-state index contributed by atoms with van der Waals surface area (Å²) in [5, 5.41) is 0. The molecule has 0 aromatic heterocycles. The molecule has 1 saturated heterocycles. The van der Waals surface area contributed by atoms with Gasteiger partial charge in [0.15, 0.2) is 0 Å². The lowest BCUT2D eigenvalue weighted by molar-refractivity contribution is 0.111. The van der Waals surface area contributed by atoms with Gasteiger partial charge in [-0.25, -0.2) is 0 Å². The van der Waals surface area contributed by atoms with Gasteiger partial charge in [0.05, 0.1) is 0 Å². The molecule has 2 nitrogen and oxygen atoms in total. The second kappa shape index (κ2) is 5.05. The Labute approximate surface area is 101 Å². The first kappa shape index (κ1) is 12.4. The van der Waals surface area contributed by atoms with Crippen LogP contribution in [0.25, 0.3) is 0 Å². The summed E-state index contributed by atoms with van der Waals surface area (Å²) in [6, 6.07) is 0. The fourth-order valence-corrected chi connectivity index (χ4v) is 3.21. The van der Waals surface area contributed by atoms with Crippen molar-refractivity contribution < 1.29 is 0 Å². The zero-order valence-electron chi connectivity index (χ0n) is 11.3. The maximum Gasteiger partial charge on any atom is 0.0110 e. The molecule has 0 N–H and O–H groups in total. The van der Waals surface area contributed by atoms with Gasteiger partial charge in [-0.1, -0.05) is 20.8 Å². The number of hydrogen-bond donors (Lipinski definition) is 0. The third-order valence-electron chi connectivity index (χ3n) is 4.27. The molecule has 0 bridgehead atoms. The molecule has 2 fully saturated rings. The molecule has 0 unspecified atom stereocenters. The molecule has 2 rings (SSSR count). The summed E-state index contributed by atoms with van der Waals surface area (Å²) < 4.78 is 0. The van der Waals surface area contributed by atoms with Crippen LogP contribution < -0.4 is 0 Å². The summed E-state index contributed by atoms with van der Waals surface area (Å²) >= 11 is 0. The van der Waals surface area contributed by atoms with Gasteiger partial charge in [0.2, 0.25) is 0 Å². The predicted molar refractivity (Wildman–Crippen MR) is 69.7 cm³/mol. The molecule has 0 spiro atoms. The minimum atomic E-state index is 0.725. The molecule has 2 aliphatic rings. The summed E-state index contributed by atoms with van der Waals surface area (Å²) in [4.78, 5) is 5.28. The van der Waals surface area contributed by atoms with Crippen molar-refractivity contribution in [3.05, 3.63) is 0 Å². The molecular formula is C14H28N2. The summed E-state index contributed by atoms with van der Waals surface area (Å²) in [6.45, 7) is 14.8. The van der Waals surface area contributed by atoms with Crippen LogP contribution in [0.5, 0.6) is 0 Å². The van der Waals surface area contributed by atoms with Crippen molar-refractivity contribution in [2.24, 2.45) is 11.3 Å². The Morgan fingerprint density at radius 2 is 1.56 bits per heavy atom. The molecule has 0 aromatic carbocycles. The van der Waals surface area contributed by atoms with E-state index in [-0.39, 0.29) is 0 Å². The first-order valence-electron chi connectivity index (χ1n) is 7.08. The molecule has 0 amide bonds. The molecular weight excluding hydrogens is 196 g/mol. The number of piperazine rings is 1. The summed E-state index contributed by atoms with van der Waals surface area (Å²) in [5.41, 5.74) is 0.725. The average molecular weight is 224 g/mol. The van der Waals surface area contributed by atoms with E-state index in [1.807, 2.05) is 0 Å². The lowest BCUT2D eigenvalue weighted by Gasteiger charge is -2.36. The lowest BCUT2D eigenvalue weighted by Crippen LogP contribution is -2.47. The quantitative estimate of drug-likeness (QED) is 0.708. The third kappa shape index (κ3) is 3.21. The highest BCUT2D eigenvalue weighted by Crippen LogP contribution is 2.51. The van der Waals surface area contributed by atoms with Crippen molar-refractivity contribution in [3.63, 3.8) is 0 Å². The zero-order chi connectivity index (χ0) is 11.6. The minimum Gasteiger partial charge on any atom is -0.301 e. The predicted octanol–water partition coefficient (Wildman–Crippen LogP) is 2.45. The van der Waals surface area contributed by atoms with Crippen molar-refractivity contribution in [1.29, 1.82) is 0 Å². The van der Waals surface area contributed by atoms with E-state index in [4.69, 9.17) is 0 Å². The van der Waals surface area contributed by atoms with E-state index in [1.54, 1.807) is 0 Å². The summed E-state index contributed by atoms with van der Waals surface area (Å²) in [5.74, 6) is 0.874. The third-order valence-corrected chi connectivity index (χ3v) is 4.27. The zero-order valence-corrected chi connectivity index (χ0v) is 11.3. The highest BCUT2D eigenvalue weighted by molar-refractivity contribution is 4.96. The van der Waals surface area contributed by atoms with Crippen LogP contribution in [0.15, 0.2) is 0 Å². The molecule has 1 aliphatic carbocycles. The van der Waals surface area contributed by atoms with Crippen LogP contribution in [0.2, 0.25) is 0 Å². The van der Waals surface area contributed by atoms with Crippen molar-refractivity contribution in [2.75, 3.05) is 39.3 Å². The van der Waals surface area contributed by atoms with Crippen LogP contribution in [0, 0.1) is 11.3 Å². The highest BCUT2D eigenvalue weighted by Gasteiger charge is 2.44. The summed E-state index contributed by atoms with van der Waals surface area (Å²) in [7, 11) is 0. The van der Waals surface area contributed by atoms with Gasteiger partial charge in [-0.15, -0.1) is 0 Å². The Balaban J connectivity index is 1.74. The van der Waals surface area contributed by atoms with Gasteiger partial charge < -0.3 is 9.80 Å². The number of nitrogens with zero attached hydrogens (tertiary/aromatic N) is 2. The molecule has 1 aliphatic heterocycles. The molecule has 0 radical (unpaired) electrons. The van der Waals surface area contributed by atoms with E-state index >= 15 is 0 Å². The van der Waals surface area contributed by atoms with Gasteiger partial charge in [0, 0.05) is 32.7 Å². The Bertz CT molecular complexity index is 213. The first-order chi connectivity index (χ1) is 7.63. The Morgan fingerprint density at radius 3 is 2.00 bits per heavy atom. The van der Waals surface area contributed by atoms with Gasteiger partial charge >= 0.3 is 0 Å². The van der Waals surface area contributed by atoms with E-state index in [2.05, 4.69) is 30.6 Å². The van der Waals surface area contributed by atoms with Gasteiger partial charge in [-0.3, -0.25) is 0 Å². The van der Waals surface area contributed by atoms with Gasteiger partial charge in [-0.05, 0) is 37.1 Å². The molecule has 0 atom stereocenters. The van der Waals surface area contributed by atoms with Crippen LogP contribution in [0.4, 0.5) is 0 Å². The maximum atomic E-state index is 2.71. The second-order valence-corrected chi connectivity index (χ2v) is 6.31. The van der Waals surface area contributed by atoms with Crippen LogP contribution in [-0.4, -0.2) is 49.1 Å². The van der Waals surface area contributed by atoms with Gasteiger partial charge in [-0.2, -0.15) is 0 Å². The van der Waals surface area contributed by atoms with Crippen molar-refractivity contribution in [2.45, 2.75) is 40.0 Å². The Morgan fingerprint density at radius 1 is 1.00 bits per heavy atom. The van der Waals surface area contributed by atoms with E-state index in [0.717, 1.165) is 11.3 Å². The normalized spacial score (nSPS) is 26.2. The molecule has 1 saturated carbocycles. The van der Waals surface area contributed by atoms with Crippen LogP contribution >= 0.6 is 0 Å². The molecule has 0 aromatic rings. The monoisotopic (exact) mass is 224 g/mol. The average Bonchev–Trinajstić information content (AvgIpc) is 2.98. The van der Waals surface area contributed by atoms with Crippen LogP contribution in [-0.2, 0) is 0 Å². The Kier molecular flexibility index (Phi) is 3.91. The van der Waals surface area contributed by atoms with Crippen molar-refractivity contribution in [1.82, 2.24) is 9.80 Å². The highest BCUT2D eigenvalue weighted by atomic mass is 15.3. The molecule has 1 heterocycles. The smallest absolute Gasteiger partial charge is 0.0110 e. The van der Waals surface area contributed by atoms with Gasteiger partial charge in [0.25, 0.3) is 0 Å². The first-order valence-corrected chi connectivity index (χ1v) is 7.08. The van der Waals surface area contributed by atoms with Gasteiger partial charge in [0.1, 0.15) is 0 Å². The van der Waals surface area contributed by atoms with E-state index in [0.29, 0.717) is 0 Å². The topological polar surface area (TPSA) is 6.48 Å². The van der Waals surface area contributed by atoms with Crippen LogP contribution in [0.1, 0.15) is 40.0 Å². The van der Waals surface area contributed by atoms with Crippen molar-refractivity contribution >= 4 is 0 Å².